The average molecular weight is 313 g/mol. The quantitative estimate of drug-likeness (QED) is 0.862. The van der Waals surface area contributed by atoms with Crippen molar-refractivity contribution in [2.24, 2.45) is 0 Å². The van der Waals surface area contributed by atoms with Crippen LogP contribution in [-0.2, 0) is 16.0 Å². The van der Waals surface area contributed by atoms with Gasteiger partial charge in [0, 0.05) is 19.3 Å². The molecule has 7 heteroatoms. The summed E-state index contributed by atoms with van der Waals surface area (Å²) in [6.45, 7) is 0.631. The first-order valence-corrected chi connectivity index (χ1v) is 6.83. The van der Waals surface area contributed by atoms with E-state index in [1.54, 1.807) is 24.1 Å². The first-order chi connectivity index (χ1) is 9.61. The number of aromatic nitrogens is 1. The van der Waals surface area contributed by atoms with Crippen LogP contribution in [0.4, 0.5) is 5.69 Å². The average Bonchev–Trinajstić information content (AvgIpc) is 2.48. The number of pyridine rings is 1. The zero-order valence-corrected chi connectivity index (χ0v) is 12.9. The molecule has 6 nitrogen and oxygen atoms in total. The molecule has 2 heterocycles. The van der Waals surface area contributed by atoms with Gasteiger partial charge in [0.2, 0.25) is 11.8 Å². The molecule has 2 rings (SSSR count). The number of hydrogen-bond donors (Lipinski definition) is 2. The van der Waals surface area contributed by atoms with Crippen LogP contribution in [0, 0.1) is 0 Å². The summed E-state index contributed by atoms with van der Waals surface area (Å²) in [5.41, 5.74) is 6.81. The Morgan fingerprint density at radius 2 is 2.19 bits per heavy atom. The lowest BCUT2D eigenvalue weighted by Crippen LogP contribution is -2.51. The Labute approximate surface area is 130 Å². The third-order valence-corrected chi connectivity index (χ3v) is 3.55. The van der Waals surface area contributed by atoms with Crippen molar-refractivity contribution in [1.82, 2.24) is 15.2 Å². The molecule has 1 saturated heterocycles. The van der Waals surface area contributed by atoms with Crippen LogP contribution in [0.1, 0.15) is 25.0 Å². The van der Waals surface area contributed by atoms with Crippen LogP contribution in [0.5, 0.6) is 0 Å². The molecular formula is C14H21ClN4O2. The molecule has 0 radical (unpaired) electrons. The molecule has 1 aliphatic rings. The van der Waals surface area contributed by atoms with Gasteiger partial charge in [-0.2, -0.15) is 0 Å². The van der Waals surface area contributed by atoms with E-state index in [1.807, 2.05) is 0 Å². The molecule has 21 heavy (non-hydrogen) atoms. The van der Waals surface area contributed by atoms with E-state index in [1.165, 1.54) is 6.20 Å². The van der Waals surface area contributed by atoms with Crippen molar-refractivity contribution in [2.45, 2.75) is 31.7 Å². The molecule has 116 valence electrons. The van der Waals surface area contributed by atoms with Crippen LogP contribution in [0.25, 0.3) is 0 Å². The predicted octanol–water partition coefficient (Wildman–Crippen LogP) is 0.755. The summed E-state index contributed by atoms with van der Waals surface area (Å²) in [6, 6.07) is 3.11. The lowest BCUT2D eigenvalue weighted by molar-refractivity contribution is -0.141. The maximum atomic E-state index is 12.4. The highest BCUT2D eigenvalue weighted by Crippen LogP contribution is 2.18. The van der Waals surface area contributed by atoms with Gasteiger partial charge in [0.05, 0.1) is 18.3 Å². The lowest BCUT2D eigenvalue weighted by Gasteiger charge is -2.34. The second kappa shape index (κ2) is 7.83. The Hall–Kier alpha value is -1.82. The number of amides is 2. The van der Waals surface area contributed by atoms with Crippen molar-refractivity contribution >= 4 is 29.9 Å². The fourth-order valence-electron chi connectivity index (χ4n) is 2.47. The summed E-state index contributed by atoms with van der Waals surface area (Å²) >= 11 is 0. The summed E-state index contributed by atoms with van der Waals surface area (Å²) in [4.78, 5) is 30.0. The van der Waals surface area contributed by atoms with E-state index >= 15 is 0 Å². The molecule has 0 aliphatic carbocycles. The highest BCUT2D eigenvalue weighted by Gasteiger charge is 2.31. The van der Waals surface area contributed by atoms with Crippen molar-refractivity contribution in [3.63, 3.8) is 0 Å². The van der Waals surface area contributed by atoms with E-state index in [0.29, 0.717) is 17.9 Å². The normalized spacial score (nSPS) is 17.8. The Balaban J connectivity index is 0.00000220. The molecule has 1 aromatic heterocycles. The minimum absolute atomic E-state index is 0. The topological polar surface area (TPSA) is 88.3 Å². The van der Waals surface area contributed by atoms with Gasteiger partial charge in [-0.3, -0.25) is 14.6 Å². The lowest BCUT2D eigenvalue weighted by atomic mass is 10.0. The number of hydrogen-bond acceptors (Lipinski definition) is 4. The number of rotatable bonds is 3. The first kappa shape index (κ1) is 17.2. The van der Waals surface area contributed by atoms with E-state index in [0.717, 1.165) is 19.3 Å². The van der Waals surface area contributed by atoms with Gasteiger partial charge in [0.15, 0.2) is 0 Å². The van der Waals surface area contributed by atoms with Crippen LogP contribution < -0.4 is 11.1 Å². The Bertz CT molecular complexity index is 492. The number of carbonyl (C=O) groups is 2. The molecule has 0 saturated carbocycles. The third kappa shape index (κ3) is 4.32. The fraction of sp³-hybridized carbons (Fsp3) is 0.500. The number of halogens is 1. The standard InChI is InChI=1S/C14H20N4O2.ClH/c1-16-14(20)12-4-2-3-7-18(12)13(19)8-11-6-5-10(15)9-17-11;/h5-6,9,12H,2-4,7-8,15H2,1H3,(H,16,20);1H. The molecule has 0 bridgehead atoms. The Morgan fingerprint density at radius 3 is 2.81 bits per heavy atom. The largest absolute Gasteiger partial charge is 0.397 e. The number of nitrogen functional groups attached to an aromatic ring is 1. The Morgan fingerprint density at radius 1 is 1.43 bits per heavy atom. The van der Waals surface area contributed by atoms with E-state index < -0.39 is 0 Å². The summed E-state index contributed by atoms with van der Waals surface area (Å²) in [5.74, 6) is -0.154. The van der Waals surface area contributed by atoms with Gasteiger partial charge in [-0.25, -0.2) is 0 Å². The number of piperidine rings is 1. The molecule has 0 spiro atoms. The monoisotopic (exact) mass is 312 g/mol. The molecule has 3 N–H and O–H groups in total. The maximum Gasteiger partial charge on any atom is 0.242 e. The highest BCUT2D eigenvalue weighted by atomic mass is 35.5. The number of anilines is 1. The smallest absolute Gasteiger partial charge is 0.242 e. The summed E-state index contributed by atoms with van der Waals surface area (Å²) in [5, 5.41) is 2.63. The number of nitrogens with one attached hydrogen (secondary N) is 1. The van der Waals surface area contributed by atoms with Gasteiger partial charge < -0.3 is 16.0 Å². The van der Waals surface area contributed by atoms with Crippen LogP contribution in [0.15, 0.2) is 18.3 Å². The number of likely N-dealkylation sites (tertiary alicyclic amines) is 1. The highest BCUT2D eigenvalue weighted by molar-refractivity contribution is 5.88. The Kier molecular flexibility index (Phi) is 6.42. The predicted molar refractivity (Wildman–Crippen MR) is 83.0 cm³/mol. The van der Waals surface area contributed by atoms with E-state index in [9.17, 15) is 9.59 Å². The molecule has 1 aromatic rings. The van der Waals surface area contributed by atoms with Gasteiger partial charge >= 0.3 is 0 Å². The summed E-state index contributed by atoms with van der Waals surface area (Å²) in [7, 11) is 1.60. The second-order valence-corrected chi connectivity index (χ2v) is 4.97. The molecule has 0 aromatic carbocycles. The van der Waals surface area contributed by atoms with Crippen molar-refractivity contribution < 1.29 is 9.59 Å². The SMILES string of the molecule is CNC(=O)C1CCCCN1C(=O)Cc1ccc(N)cn1.Cl. The van der Waals surface area contributed by atoms with E-state index in [2.05, 4.69) is 10.3 Å². The molecule has 2 amide bonds. The van der Waals surface area contributed by atoms with Crippen molar-refractivity contribution in [3.8, 4) is 0 Å². The second-order valence-electron chi connectivity index (χ2n) is 4.97. The van der Waals surface area contributed by atoms with Gasteiger partial charge in [-0.1, -0.05) is 0 Å². The van der Waals surface area contributed by atoms with Gasteiger partial charge in [-0.15, -0.1) is 12.4 Å². The third-order valence-electron chi connectivity index (χ3n) is 3.55. The first-order valence-electron chi connectivity index (χ1n) is 6.83. The van der Waals surface area contributed by atoms with Gasteiger partial charge in [0.1, 0.15) is 6.04 Å². The van der Waals surface area contributed by atoms with E-state index in [4.69, 9.17) is 5.73 Å². The van der Waals surface area contributed by atoms with Crippen molar-refractivity contribution in [3.05, 3.63) is 24.0 Å². The van der Waals surface area contributed by atoms with Crippen molar-refractivity contribution in [2.75, 3.05) is 19.3 Å². The molecular weight excluding hydrogens is 292 g/mol. The van der Waals surface area contributed by atoms with E-state index in [-0.39, 0.29) is 36.7 Å². The number of nitrogens with zero attached hydrogens (tertiary/aromatic N) is 2. The number of carbonyl (C=O) groups excluding carboxylic acids is 2. The number of nitrogens with two attached hydrogens (primary N) is 1. The van der Waals surface area contributed by atoms with Crippen molar-refractivity contribution in [1.29, 1.82) is 0 Å². The van der Waals surface area contributed by atoms with Crippen LogP contribution in [-0.4, -0.2) is 41.3 Å². The molecule has 1 fully saturated rings. The number of likely N-dealkylation sites (N-methyl/N-ethyl adjacent to an activating group) is 1. The van der Waals surface area contributed by atoms with Gasteiger partial charge in [-0.05, 0) is 31.4 Å². The molecule has 1 aliphatic heterocycles. The molecule has 1 atom stereocenters. The summed E-state index contributed by atoms with van der Waals surface area (Å²) in [6.07, 6.45) is 4.37. The molecule has 1 unspecified atom stereocenters. The zero-order valence-electron chi connectivity index (χ0n) is 12.0. The minimum atomic E-state index is -0.352. The maximum absolute atomic E-state index is 12.4. The van der Waals surface area contributed by atoms with Gasteiger partial charge in [0.25, 0.3) is 0 Å². The summed E-state index contributed by atoms with van der Waals surface area (Å²) < 4.78 is 0. The fourth-order valence-corrected chi connectivity index (χ4v) is 2.47. The minimum Gasteiger partial charge on any atom is -0.397 e. The zero-order chi connectivity index (χ0) is 14.5. The van der Waals surface area contributed by atoms with Crippen LogP contribution >= 0.6 is 12.4 Å². The van der Waals surface area contributed by atoms with Crippen LogP contribution in [0.2, 0.25) is 0 Å². The van der Waals surface area contributed by atoms with Crippen LogP contribution in [0.3, 0.4) is 0 Å².